The van der Waals surface area contributed by atoms with Crippen LogP contribution in [0.1, 0.15) is 41.0 Å². The van der Waals surface area contributed by atoms with Gasteiger partial charge in [-0.05, 0) is 79.3 Å². The molecule has 0 spiro atoms. The van der Waals surface area contributed by atoms with Crippen LogP contribution >= 0.6 is 11.3 Å². The number of hydrogen-bond acceptors (Lipinski definition) is 4. The molecule has 0 aliphatic heterocycles. The summed E-state index contributed by atoms with van der Waals surface area (Å²) >= 11 is 1.62. The molecule has 2 aromatic carbocycles. The quantitative estimate of drug-likeness (QED) is 0.611. The largest absolute Gasteiger partial charge is 0.507 e. The molecule has 0 radical (unpaired) electrons. The average Bonchev–Trinajstić information content (AvgIpc) is 3.02. The zero-order valence-electron chi connectivity index (χ0n) is 14.8. The minimum Gasteiger partial charge on any atom is -0.507 e. The predicted octanol–water partition coefficient (Wildman–Crippen LogP) is 5.41. The summed E-state index contributed by atoms with van der Waals surface area (Å²) < 4.78 is 1.12. The number of phenolic OH excluding ortho intramolecular Hbond substituents is 1. The fraction of sp³-hybridized carbons (Fsp3) is 0.238. The van der Waals surface area contributed by atoms with E-state index in [-0.39, 0.29) is 6.42 Å². The highest BCUT2D eigenvalue weighted by atomic mass is 32.1. The van der Waals surface area contributed by atoms with Crippen LogP contribution in [0.4, 0.5) is 0 Å². The summed E-state index contributed by atoms with van der Waals surface area (Å²) in [5.41, 5.74) is 4.62. The van der Waals surface area contributed by atoms with Gasteiger partial charge in [0.1, 0.15) is 10.8 Å². The van der Waals surface area contributed by atoms with Gasteiger partial charge < -0.3 is 10.2 Å². The third-order valence-electron chi connectivity index (χ3n) is 4.26. The van der Waals surface area contributed by atoms with Crippen molar-refractivity contribution in [3.8, 4) is 5.75 Å². The molecule has 134 valence electrons. The normalized spacial score (nSPS) is 11.8. The Kier molecular flexibility index (Phi) is 5.38. The van der Waals surface area contributed by atoms with Crippen LogP contribution in [0.5, 0.6) is 5.75 Å². The minimum atomic E-state index is -0.787. The van der Waals surface area contributed by atoms with Gasteiger partial charge in [-0.3, -0.25) is 4.79 Å². The van der Waals surface area contributed by atoms with Crippen LogP contribution in [0.3, 0.4) is 0 Å². The first-order valence-corrected chi connectivity index (χ1v) is 9.34. The Morgan fingerprint density at radius 2 is 1.85 bits per heavy atom. The van der Waals surface area contributed by atoms with Crippen LogP contribution in [0, 0.1) is 13.8 Å². The zero-order chi connectivity index (χ0) is 18.7. The van der Waals surface area contributed by atoms with Gasteiger partial charge in [-0.25, -0.2) is 4.98 Å². The van der Waals surface area contributed by atoms with E-state index in [0.717, 1.165) is 37.5 Å². The monoisotopic (exact) mass is 367 g/mol. The number of thiazole rings is 1. The molecule has 1 heterocycles. The van der Waals surface area contributed by atoms with Crippen LogP contribution in [-0.4, -0.2) is 21.2 Å². The molecule has 26 heavy (non-hydrogen) atoms. The van der Waals surface area contributed by atoms with Crippen LogP contribution in [0.2, 0.25) is 0 Å². The second kappa shape index (κ2) is 7.70. The summed E-state index contributed by atoms with van der Waals surface area (Å²) in [6, 6.07) is 11.9. The van der Waals surface area contributed by atoms with Crippen molar-refractivity contribution in [2.24, 2.45) is 0 Å². The molecule has 3 rings (SSSR count). The highest BCUT2D eigenvalue weighted by molar-refractivity contribution is 7.19. The van der Waals surface area contributed by atoms with Gasteiger partial charge >= 0.3 is 5.97 Å². The lowest BCUT2D eigenvalue weighted by molar-refractivity contribution is -0.137. The van der Waals surface area contributed by atoms with E-state index in [1.807, 2.05) is 50.2 Å². The number of aryl methyl sites for hydroxylation is 2. The molecule has 2 N–H and O–H groups in total. The van der Waals surface area contributed by atoms with Crippen molar-refractivity contribution in [3.05, 3.63) is 58.1 Å². The number of nitrogens with zero attached hydrogens (tertiary/aromatic N) is 1. The summed E-state index contributed by atoms with van der Waals surface area (Å²) in [6.45, 7) is 3.75. The number of aromatic hydroxyl groups is 1. The number of carbonyl (C=O) groups is 1. The van der Waals surface area contributed by atoms with Crippen molar-refractivity contribution in [2.45, 2.75) is 33.1 Å². The maximum absolute atomic E-state index is 10.9. The van der Waals surface area contributed by atoms with Gasteiger partial charge in [0, 0.05) is 6.42 Å². The molecule has 5 heteroatoms. The highest BCUT2D eigenvalue weighted by Gasteiger charge is 2.11. The third-order valence-corrected chi connectivity index (χ3v) is 5.37. The Morgan fingerprint density at radius 1 is 1.15 bits per heavy atom. The Hall–Kier alpha value is -2.66. The predicted molar refractivity (Wildman–Crippen MR) is 107 cm³/mol. The molecule has 0 fully saturated rings. The number of carboxylic acid groups (broad SMARTS) is 1. The first kappa shape index (κ1) is 18.1. The summed E-state index contributed by atoms with van der Waals surface area (Å²) in [5.74, 6) is -0.473. The van der Waals surface area contributed by atoms with Crippen LogP contribution in [0.15, 0.2) is 36.4 Å². The molecule has 4 nitrogen and oxygen atoms in total. The number of aromatic nitrogens is 1. The lowest BCUT2D eigenvalue weighted by Gasteiger charge is -2.08. The lowest BCUT2D eigenvalue weighted by atomic mass is 10.0. The number of allylic oxidation sites excluding steroid dienone is 1. The van der Waals surface area contributed by atoms with Gasteiger partial charge in [0.25, 0.3) is 0 Å². The van der Waals surface area contributed by atoms with E-state index < -0.39 is 5.97 Å². The maximum Gasteiger partial charge on any atom is 0.303 e. The molecule has 0 unspecified atom stereocenters. The van der Waals surface area contributed by atoms with E-state index in [1.165, 1.54) is 0 Å². The van der Waals surface area contributed by atoms with Crippen molar-refractivity contribution in [1.82, 2.24) is 4.98 Å². The number of benzene rings is 2. The standard InChI is InChI=1S/C21H21NO3S/c1-13-10-15(11-14(2)20(13)25)12-16(6-5-9-19(23)24)21-22-17-7-3-4-8-18(17)26-21/h3-4,7-8,10-12,25H,5-6,9H2,1-2H3,(H,23,24). The first-order chi connectivity index (χ1) is 12.4. The van der Waals surface area contributed by atoms with Crippen molar-refractivity contribution < 1.29 is 15.0 Å². The second-order valence-corrected chi connectivity index (χ2v) is 7.44. The number of hydrogen-bond donors (Lipinski definition) is 2. The molecule has 0 saturated carbocycles. The van der Waals surface area contributed by atoms with Gasteiger partial charge in [0.15, 0.2) is 0 Å². The second-order valence-electron chi connectivity index (χ2n) is 6.41. The fourth-order valence-corrected chi connectivity index (χ4v) is 3.96. The molecule has 0 aliphatic carbocycles. The maximum atomic E-state index is 10.9. The van der Waals surface area contributed by atoms with E-state index in [0.29, 0.717) is 18.6 Å². The molecule has 0 saturated heterocycles. The summed E-state index contributed by atoms with van der Waals surface area (Å²) in [7, 11) is 0. The lowest BCUT2D eigenvalue weighted by Crippen LogP contribution is -1.95. The summed E-state index contributed by atoms with van der Waals surface area (Å²) in [5, 5.41) is 19.8. The molecular weight excluding hydrogens is 346 g/mol. The van der Waals surface area contributed by atoms with Crippen molar-refractivity contribution in [1.29, 1.82) is 0 Å². The molecule has 0 bridgehead atoms. The van der Waals surface area contributed by atoms with Crippen molar-refractivity contribution in [2.75, 3.05) is 0 Å². The summed E-state index contributed by atoms with van der Waals surface area (Å²) in [4.78, 5) is 15.6. The molecule has 1 aromatic heterocycles. The first-order valence-electron chi connectivity index (χ1n) is 8.52. The number of phenols is 1. The van der Waals surface area contributed by atoms with Gasteiger partial charge in [-0.2, -0.15) is 0 Å². The SMILES string of the molecule is Cc1cc(C=C(CCCC(=O)O)c2nc3ccccc3s2)cc(C)c1O. The van der Waals surface area contributed by atoms with E-state index >= 15 is 0 Å². The number of rotatable bonds is 6. The molecule has 0 aliphatic rings. The van der Waals surface area contributed by atoms with Crippen molar-refractivity contribution in [3.63, 3.8) is 0 Å². The van der Waals surface area contributed by atoms with Crippen molar-refractivity contribution >= 4 is 39.2 Å². The van der Waals surface area contributed by atoms with Gasteiger partial charge in [0.05, 0.1) is 10.2 Å². The Labute approximate surface area is 156 Å². The minimum absolute atomic E-state index is 0.135. The van der Waals surface area contributed by atoms with E-state index in [2.05, 4.69) is 6.08 Å². The molecular formula is C21H21NO3S. The van der Waals surface area contributed by atoms with Gasteiger partial charge in [-0.15, -0.1) is 11.3 Å². The zero-order valence-corrected chi connectivity index (χ0v) is 15.6. The van der Waals surface area contributed by atoms with Crippen LogP contribution in [-0.2, 0) is 4.79 Å². The number of carboxylic acids is 1. The van der Waals surface area contributed by atoms with Crippen LogP contribution in [0.25, 0.3) is 21.9 Å². The number of fused-ring (bicyclic) bond motifs is 1. The Bertz CT molecular complexity index is 932. The van der Waals surface area contributed by atoms with Gasteiger partial charge in [-0.1, -0.05) is 12.1 Å². The average molecular weight is 367 g/mol. The Morgan fingerprint density at radius 3 is 2.50 bits per heavy atom. The summed E-state index contributed by atoms with van der Waals surface area (Å²) in [6.07, 6.45) is 3.40. The fourth-order valence-electron chi connectivity index (χ4n) is 2.95. The molecule has 3 aromatic rings. The van der Waals surface area contributed by atoms with E-state index in [1.54, 1.807) is 11.3 Å². The Balaban J connectivity index is 2.00. The smallest absolute Gasteiger partial charge is 0.303 e. The number of aliphatic carboxylic acids is 1. The third kappa shape index (κ3) is 4.11. The highest BCUT2D eigenvalue weighted by Crippen LogP contribution is 2.32. The topological polar surface area (TPSA) is 70.4 Å². The molecule has 0 amide bonds. The molecule has 0 atom stereocenters. The van der Waals surface area contributed by atoms with E-state index in [9.17, 15) is 9.90 Å². The van der Waals surface area contributed by atoms with Crippen LogP contribution < -0.4 is 0 Å². The van der Waals surface area contributed by atoms with E-state index in [4.69, 9.17) is 10.1 Å². The van der Waals surface area contributed by atoms with Gasteiger partial charge in [0.2, 0.25) is 0 Å². The number of para-hydroxylation sites is 1.